The highest BCUT2D eigenvalue weighted by Crippen LogP contribution is 2.20. The highest BCUT2D eigenvalue weighted by atomic mass is 16.2. The molecule has 0 unspecified atom stereocenters. The van der Waals surface area contributed by atoms with Crippen LogP contribution in [-0.4, -0.2) is 25.2 Å². The molecule has 0 heterocycles. The fourth-order valence-electron chi connectivity index (χ4n) is 5.81. The van der Waals surface area contributed by atoms with Crippen LogP contribution in [-0.2, 0) is 0 Å². The van der Waals surface area contributed by atoms with Crippen molar-refractivity contribution in [1.29, 1.82) is 0 Å². The topological polar surface area (TPSA) is 82.3 Å². The molecule has 0 fully saturated rings. The lowest BCUT2D eigenvalue weighted by Gasteiger charge is -2.13. The number of carbonyl (C=O) groups excluding carboxylic acids is 2. The van der Waals surface area contributed by atoms with Crippen LogP contribution in [0.15, 0.2) is 66.8 Å². The summed E-state index contributed by atoms with van der Waals surface area (Å²) in [6, 6.07) is 5.17. The molecule has 51 heavy (non-hydrogen) atoms. The van der Waals surface area contributed by atoms with Gasteiger partial charge in [0.25, 0.3) is 0 Å². The third-order valence-corrected chi connectivity index (χ3v) is 9.07. The van der Waals surface area contributed by atoms with E-state index in [4.69, 9.17) is 0 Å². The standard InChI is InChI=1S/C45H76N4O2/c1-4-6-8-10-12-14-16-18-20-22-24-26-28-30-32-34-38-46-44(50)48-42-37-36-41(3)43(40-42)49-45(51)47-39-35-33-31-29-27-25-23-21-19-17-15-13-11-9-7-5-2/h12-15,18-21,36-37,40H,4-11,16-17,22-35,38-39H2,1-3H3,(H2,46,48,50)(H2,47,49,51). The van der Waals surface area contributed by atoms with Gasteiger partial charge in [-0.25, -0.2) is 9.59 Å². The van der Waals surface area contributed by atoms with Crippen molar-refractivity contribution in [2.24, 2.45) is 0 Å². The Hall–Kier alpha value is -3.28. The molecule has 0 aliphatic carbocycles. The lowest BCUT2D eigenvalue weighted by atomic mass is 10.1. The maximum Gasteiger partial charge on any atom is 0.319 e. The summed E-state index contributed by atoms with van der Waals surface area (Å²) in [5.74, 6) is 0. The summed E-state index contributed by atoms with van der Waals surface area (Å²) in [5.41, 5.74) is 2.31. The summed E-state index contributed by atoms with van der Waals surface area (Å²) in [7, 11) is 0. The van der Waals surface area contributed by atoms with Gasteiger partial charge in [0.2, 0.25) is 0 Å². The van der Waals surface area contributed by atoms with Crippen molar-refractivity contribution < 1.29 is 9.59 Å². The highest BCUT2D eigenvalue weighted by molar-refractivity contribution is 5.93. The number of aryl methyl sites for hydroxylation is 1. The van der Waals surface area contributed by atoms with Crippen LogP contribution in [0.25, 0.3) is 0 Å². The average Bonchev–Trinajstić information content (AvgIpc) is 3.12. The first-order chi connectivity index (χ1) is 25.1. The maximum atomic E-state index is 12.5. The van der Waals surface area contributed by atoms with Gasteiger partial charge in [-0.1, -0.05) is 146 Å². The summed E-state index contributed by atoms with van der Waals surface area (Å²) >= 11 is 0. The number of urea groups is 2. The van der Waals surface area contributed by atoms with Crippen LogP contribution in [0.2, 0.25) is 0 Å². The fourth-order valence-corrected chi connectivity index (χ4v) is 5.81. The van der Waals surface area contributed by atoms with E-state index in [-0.39, 0.29) is 12.1 Å². The van der Waals surface area contributed by atoms with Gasteiger partial charge in [-0.2, -0.15) is 0 Å². The molecule has 0 aliphatic heterocycles. The van der Waals surface area contributed by atoms with E-state index < -0.39 is 0 Å². The van der Waals surface area contributed by atoms with Crippen molar-refractivity contribution in [3.05, 3.63) is 72.4 Å². The molecule has 1 aromatic rings. The monoisotopic (exact) mass is 705 g/mol. The van der Waals surface area contributed by atoms with E-state index in [0.29, 0.717) is 24.5 Å². The molecule has 0 bridgehead atoms. The van der Waals surface area contributed by atoms with Crippen molar-refractivity contribution >= 4 is 23.4 Å². The third-order valence-electron chi connectivity index (χ3n) is 9.07. The normalized spacial score (nSPS) is 11.7. The van der Waals surface area contributed by atoms with E-state index in [1.807, 2.05) is 25.1 Å². The summed E-state index contributed by atoms with van der Waals surface area (Å²) in [6.07, 6.45) is 47.4. The van der Waals surface area contributed by atoms with Crippen molar-refractivity contribution in [2.45, 2.75) is 175 Å². The van der Waals surface area contributed by atoms with E-state index in [9.17, 15) is 9.59 Å². The molecule has 1 rings (SSSR count). The second-order valence-corrected chi connectivity index (χ2v) is 14.0. The van der Waals surface area contributed by atoms with Crippen LogP contribution in [0.5, 0.6) is 0 Å². The van der Waals surface area contributed by atoms with Gasteiger partial charge >= 0.3 is 12.1 Å². The second kappa shape index (κ2) is 35.1. The SMILES string of the molecule is CCCCCC=CCC=CCCCCCCCCNC(=O)Nc1ccc(C)c(NC(=O)NCCCCCCCCC=CCC=CCCCCC)c1. The maximum absolute atomic E-state index is 12.5. The Labute approximate surface area is 313 Å². The first-order valence-corrected chi connectivity index (χ1v) is 20.9. The first kappa shape index (κ1) is 45.7. The number of benzene rings is 1. The first-order valence-electron chi connectivity index (χ1n) is 20.9. The Morgan fingerprint density at radius 2 is 0.882 bits per heavy atom. The number of nitrogens with one attached hydrogen (secondary N) is 4. The van der Waals surface area contributed by atoms with Crippen LogP contribution in [0.1, 0.15) is 174 Å². The molecule has 0 atom stereocenters. The Kier molecular flexibility index (Phi) is 31.5. The lowest BCUT2D eigenvalue weighted by Crippen LogP contribution is -2.30. The predicted molar refractivity (Wildman–Crippen MR) is 224 cm³/mol. The van der Waals surface area contributed by atoms with Crippen molar-refractivity contribution in [3.63, 3.8) is 0 Å². The number of hydrogen-bond donors (Lipinski definition) is 4. The van der Waals surface area contributed by atoms with E-state index in [1.165, 1.54) is 116 Å². The van der Waals surface area contributed by atoms with Gasteiger partial charge in [0.05, 0.1) is 0 Å². The summed E-state index contributed by atoms with van der Waals surface area (Å²) < 4.78 is 0. The largest absolute Gasteiger partial charge is 0.338 e. The molecule has 6 nitrogen and oxygen atoms in total. The molecule has 1 aromatic carbocycles. The summed E-state index contributed by atoms with van der Waals surface area (Å²) in [6.45, 7) is 7.77. The van der Waals surface area contributed by atoms with E-state index in [0.717, 1.165) is 44.1 Å². The number of carbonyl (C=O) groups is 2. The third kappa shape index (κ3) is 30.1. The quantitative estimate of drug-likeness (QED) is 0.0445. The molecule has 4 amide bonds. The lowest BCUT2D eigenvalue weighted by molar-refractivity contribution is 0.251. The number of unbranched alkanes of at least 4 members (excludes halogenated alkanes) is 18. The van der Waals surface area contributed by atoms with Crippen LogP contribution in [0, 0.1) is 6.92 Å². The molecule has 4 N–H and O–H groups in total. The zero-order valence-corrected chi connectivity index (χ0v) is 33.1. The van der Waals surface area contributed by atoms with Crippen molar-refractivity contribution in [1.82, 2.24) is 10.6 Å². The van der Waals surface area contributed by atoms with E-state index >= 15 is 0 Å². The van der Waals surface area contributed by atoms with Crippen LogP contribution >= 0.6 is 0 Å². The zero-order chi connectivity index (χ0) is 36.9. The molecular formula is C45H76N4O2. The average molecular weight is 705 g/mol. The van der Waals surface area contributed by atoms with Gasteiger partial charge < -0.3 is 21.3 Å². The van der Waals surface area contributed by atoms with Crippen molar-refractivity contribution in [2.75, 3.05) is 23.7 Å². The Balaban J connectivity index is 2.05. The minimum atomic E-state index is -0.214. The Morgan fingerprint density at radius 3 is 1.33 bits per heavy atom. The Morgan fingerprint density at radius 1 is 0.490 bits per heavy atom. The summed E-state index contributed by atoms with van der Waals surface area (Å²) in [4.78, 5) is 24.9. The Bertz CT molecular complexity index is 1110. The van der Waals surface area contributed by atoms with Crippen LogP contribution < -0.4 is 21.3 Å². The molecule has 0 radical (unpaired) electrons. The molecule has 288 valence electrons. The minimum absolute atomic E-state index is 0.209. The number of rotatable bonds is 32. The molecule has 0 saturated carbocycles. The molecule has 0 spiro atoms. The van der Waals surface area contributed by atoms with Crippen LogP contribution in [0.3, 0.4) is 0 Å². The van der Waals surface area contributed by atoms with Gasteiger partial charge in [-0.15, -0.1) is 0 Å². The number of hydrogen-bond acceptors (Lipinski definition) is 2. The van der Waals surface area contributed by atoms with Gasteiger partial charge in [0.1, 0.15) is 0 Å². The smallest absolute Gasteiger partial charge is 0.319 e. The van der Waals surface area contributed by atoms with Gasteiger partial charge in [0, 0.05) is 24.5 Å². The van der Waals surface area contributed by atoms with Crippen LogP contribution in [0.4, 0.5) is 21.0 Å². The van der Waals surface area contributed by atoms with Gasteiger partial charge in [-0.3, -0.25) is 0 Å². The summed E-state index contributed by atoms with van der Waals surface area (Å²) in [5, 5.41) is 11.8. The fraction of sp³-hybridized carbons (Fsp3) is 0.644. The van der Waals surface area contributed by atoms with E-state index in [2.05, 4.69) is 83.7 Å². The zero-order valence-electron chi connectivity index (χ0n) is 33.1. The number of amides is 4. The number of anilines is 2. The predicted octanol–water partition coefficient (Wildman–Crippen LogP) is 13.9. The molecule has 0 aliphatic rings. The second-order valence-electron chi connectivity index (χ2n) is 14.0. The minimum Gasteiger partial charge on any atom is -0.338 e. The molecule has 0 saturated heterocycles. The van der Waals surface area contributed by atoms with Gasteiger partial charge in [-0.05, 0) is 102 Å². The van der Waals surface area contributed by atoms with Gasteiger partial charge in [0.15, 0.2) is 0 Å². The molecule has 0 aromatic heterocycles. The molecular weight excluding hydrogens is 629 g/mol. The highest BCUT2D eigenvalue weighted by Gasteiger charge is 2.07. The number of allylic oxidation sites excluding steroid dienone is 8. The van der Waals surface area contributed by atoms with Crippen molar-refractivity contribution in [3.8, 4) is 0 Å². The van der Waals surface area contributed by atoms with E-state index in [1.54, 1.807) is 0 Å². The molecule has 6 heteroatoms.